The standard InChI is InChI=1S/C28H32N2O3S/c1-28(2,3)24(31)17-26-30(18-25(32)29-21-13-5-4-6-14-21)27(33)23(34-26)16-20-12-9-11-19-10-7-8-15-22(19)20/h7-12,15-17,21H,4-6,13-14,18H2,1-3H3,(H,29,32). The van der Waals surface area contributed by atoms with Crippen LogP contribution in [0.2, 0.25) is 0 Å². The monoisotopic (exact) mass is 476 g/mol. The van der Waals surface area contributed by atoms with Crippen LogP contribution in [0.15, 0.2) is 47.3 Å². The lowest BCUT2D eigenvalue weighted by Gasteiger charge is -2.22. The number of thiazole rings is 1. The summed E-state index contributed by atoms with van der Waals surface area (Å²) in [7, 11) is 0. The lowest BCUT2D eigenvalue weighted by atomic mass is 9.91. The highest BCUT2D eigenvalue weighted by Gasteiger charge is 2.21. The summed E-state index contributed by atoms with van der Waals surface area (Å²) < 4.78 is 2.47. The van der Waals surface area contributed by atoms with E-state index in [-0.39, 0.29) is 29.8 Å². The number of rotatable bonds is 5. The van der Waals surface area contributed by atoms with Crippen molar-refractivity contribution in [3.8, 4) is 0 Å². The second-order valence-electron chi connectivity index (χ2n) is 10.1. The predicted octanol–water partition coefficient (Wildman–Crippen LogP) is 3.74. The Morgan fingerprint density at radius 1 is 1.06 bits per heavy atom. The quantitative estimate of drug-likeness (QED) is 0.610. The maximum Gasteiger partial charge on any atom is 0.269 e. The van der Waals surface area contributed by atoms with Gasteiger partial charge in [-0.25, -0.2) is 0 Å². The molecular formula is C28H32N2O3S. The van der Waals surface area contributed by atoms with Gasteiger partial charge in [-0.2, -0.15) is 0 Å². The molecule has 1 fully saturated rings. The van der Waals surface area contributed by atoms with Crippen LogP contribution in [0.1, 0.15) is 58.4 Å². The average Bonchev–Trinajstić information content (AvgIpc) is 3.08. The fraction of sp³-hybridized carbons (Fsp3) is 0.393. The van der Waals surface area contributed by atoms with E-state index in [1.54, 1.807) is 0 Å². The number of amides is 1. The molecule has 4 rings (SSSR count). The molecule has 3 aromatic rings. The lowest BCUT2D eigenvalue weighted by Crippen LogP contribution is -2.42. The van der Waals surface area contributed by atoms with Gasteiger partial charge in [0.1, 0.15) is 11.2 Å². The third kappa shape index (κ3) is 5.55. The van der Waals surface area contributed by atoms with Crippen molar-refractivity contribution >= 4 is 46.0 Å². The highest BCUT2D eigenvalue weighted by atomic mass is 32.1. The summed E-state index contributed by atoms with van der Waals surface area (Å²) in [6.07, 6.45) is 8.78. The molecule has 0 atom stereocenters. The largest absolute Gasteiger partial charge is 0.352 e. The topological polar surface area (TPSA) is 68.2 Å². The molecule has 34 heavy (non-hydrogen) atoms. The molecule has 1 heterocycles. The zero-order valence-corrected chi connectivity index (χ0v) is 20.9. The van der Waals surface area contributed by atoms with E-state index in [0.29, 0.717) is 9.20 Å². The maximum atomic E-state index is 13.4. The van der Waals surface area contributed by atoms with Crippen LogP contribution in [0.4, 0.5) is 0 Å². The summed E-state index contributed by atoms with van der Waals surface area (Å²) in [5.74, 6) is -0.256. The third-order valence-electron chi connectivity index (χ3n) is 6.31. The fourth-order valence-corrected chi connectivity index (χ4v) is 5.34. The zero-order valence-electron chi connectivity index (χ0n) is 20.1. The number of nitrogens with one attached hydrogen (secondary N) is 1. The molecule has 178 valence electrons. The Balaban J connectivity index is 1.77. The molecule has 1 amide bonds. The first kappa shape index (κ1) is 24.1. The van der Waals surface area contributed by atoms with Gasteiger partial charge >= 0.3 is 0 Å². The van der Waals surface area contributed by atoms with Crippen LogP contribution in [0.25, 0.3) is 22.9 Å². The van der Waals surface area contributed by atoms with E-state index in [1.807, 2.05) is 69.3 Å². The van der Waals surface area contributed by atoms with Crippen molar-refractivity contribution in [1.29, 1.82) is 0 Å². The Hall–Kier alpha value is -2.99. The first-order valence-electron chi connectivity index (χ1n) is 12.0. The van der Waals surface area contributed by atoms with Crippen LogP contribution in [0.3, 0.4) is 0 Å². The lowest BCUT2D eigenvalue weighted by molar-refractivity contribution is -0.123. The number of Topliss-reactive ketones (excluding diaryl/α,β-unsaturated/α-hetero) is 1. The number of carbonyl (C=O) groups is 2. The second kappa shape index (κ2) is 10.1. The van der Waals surface area contributed by atoms with Crippen molar-refractivity contribution in [2.24, 2.45) is 5.41 Å². The van der Waals surface area contributed by atoms with Gasteiger partial charge in [-0.3, -0.25) is 19.0 Å². The molecule has 5 nitrogen and oxygen atoms in total. The minimum Gasteiger partial charge on any atom is -0.352 e. The molecule has 1 saturated carbocycles. The molecule has 1 aromatic heterocycles. The van der Waals surface area contributed by atoms with Crippen LogP contribution >= 0.6 is 11.3 Å². The first-order chi connectivity index (χ1) is 16.2. The van der Waals surface area contributed by atoms with Crippen molar-refractivity contribution < 1.29 is 9.59 Å². The van der Waals surface area contributed by atoms with E-state index in [4.69, 9.17) is 0 Å². The Bertz CT molecular complexity index is 1380. The van der Waals surface area contributed by atoms with E-state index in [9.17, 15) is 14.4 Å². The van der Waals surface area contributed by atoms with Crippen LogP contribution in [-0.2, 0) is 16.1 Å². The molecule has 1 aliphatic carbocycles. The Morgan fingerprint density at radius 3 is 2.50 bits per heavy atom. The van der Waals surface area contributed by atoms with Crippen molar-refractivity contribution in [1.82, 2.24) is 9.88 Å². The molecule has 0 spiro atoms. The minimum atomic E-state index is -0.575. The summed E-state index contributed by atoms with van der Waals surface area (Å²) in [6, 6.07) is 14.2. The molecule has 0 aliphatic heterocycles. The smallest absolute Gasteiger partial charge is 0.269 e. The third-order valence-corrected chi connectivity index (χ3v) is 7.37. The molecule has 2 aromatic carbocycles. The number of carbonyl (C=O) groups excluding carboxylic acids is 2. The highest BCUT2D eigenvalue weighted by molar-refractivity contribution is 7.07. The number of ketones is 1. The number of hydrogen-bond donors (Lipinski definition) is 1. The molecule has 0 saturated heterocycles. The van der Waals surface area contributed by atoms with Gasteiger partial charge in [0.25, 0.3) is 5.56 Å². The van der Waals surface area contributed by atoms with Crippen molar-refractivity contribution in [2.45, 2.75) is 65.5 Å². The van der Waals surface area contributed by atoms with E-state index in [0.717, 1.165) is 42.0 Å². The van der Waals surface area contributed by atoms with E-state index in [1.165, 1.54) is 28.4 Å². The second-order valence-corrected chi connectivity index (χ2v) is 11.1. The van der Waals surface area contributed by atoms with Gasteiger partial charge in [0.15, 0.2) is 5.78 Å². The molecule has 0 bridgehead atoms. The van der Waals surface area contributed by atoms with Gasteiger partial charge in [-0.15, -0.1) is 11.3 Å². The average molecular weight is 477 g/mol. The molecular weight excluding hydrogens is 444 g/mol. The van der Waals surface area contributed by atoms with Crippen LogP contribution in [0, 0.1) is 5.41 Å². The minimum absolute atomic E-state index is 0.0769. The van der Waals surface area contributed by atoms with Crippen molar-refractivity contribution in [3.63, 3.8) is 0 Å². The van der Waals surface area contributed by atoms with Crippen molar-refractivity contribution in [2.75, 3.05) is 0 Å². The zero-order chi connectivity index (χ0) is 24.3. The van der Waals surface area contributed by atoms with Gasteiger partial charge in [0.05, 0.1) is 4.53 Å². The van der Waals surface area contributed by atoms with E-state index in [2.05, 4.69) is 5.32 Å². The van der Waals surface area contributed by atoms with Crippen molar-refractivity contribution in [3.05, 3.63) is 67.6 Å². The van der Waals surface area contributed by atoms with Crippen LogP contribution < -0.4 is 20.1 Å². The van der Waals surface area contributed by atoms with E-state index < -0.39 is 5.41 Å². The van der Waals surface area contributed by atoms with Gasteiger partial charge in [0.2, 0.25) is 5.91 Å². The maximum absolute atomic E-state index is 13.4. The molecule has 6 heteroatoms. The first-order valence-corrected chi connectivity index (χ1v) is 12.8. The number of aromatic nitrogens is 1. The number of nitrogens with zero attached hydrogens (tertiary/aromatic N) is 1. The van der Waals surface area contributed by atoms with Gasteiger partial charge in [0, 0.05) is 17.5 Å². The summed E-state index contributed by atoms with van der Waals surface area (Å²) in [5.41, 5.74) is 0.114. The van der Waals surface area contributed by atoms with Crippen LogP contribution in [0.5, 0.6) is 0 Å². The van der Waals surface area contributed by atoms with Gasteiger partial charge < -0.3 is 5.32 Å². The molecule has 1 aliphatic rings. The Morgan fingerprint density at radius 2 is 1.76 bits per heavy atom. The molecule has 1 N–H and O–H groups in total. The van der Waals surface area contributed by atoms with Gasteiger partial charge in [-0.05, 0) is 35.3 Å². The SMILES string of the molecule is CC(C)(C)C(=O)C=c1sc(=Cc2cccc3ccccc23)c(=O)n1CC(=O)NC1CCCCC1. The molecule has 0 radical (unpaired) electrons. The van der Waals surface area contributed by atoms with Crippen LogP contribution in [-0.4, -0.2) is 22.3 Å². The van der Waals surface area contributed by atoms with Gasteiger partial charge in [-0.1, -0.05) is 82.5 Å². The fourth-order valence-electron chi connectivity index (χ4n) is 4.30. The number of benzene rings is 2. The predicted molar refractivity (Wildman–Crippen MR) is 139 cm³/mol. The summed E-state index contributed by atoms with van der Waals surface area (Å²) >= 11 is 1.26. The highest BCUT2D eigenvalue weighted by Crippen LogP contribution is 2.19. The normalized spacial score (nSPS) is 16.2. The summed E-state index contributed by atoms with van der Waals surface area (Å²) in [5, 5.41) is 5.23. The number of fused-ring (bicyclic) bond motifs is 1. The Labute approximate surface area is 203 Å². The summed E-state index contributed by atoms with van der Waals surface area (Å²) in [4.78, 5) is 39.0. The van der Waals surface area contributed by atoms with E-state index >= 15 is 0 Å². The molecule has 0 unspecified atom stereocenters. The summed E-state index contributed by atoms with van der Waals surface area (Å²) in [6.45, 7) is 5.46. The number of hydrogen-bond acceptors (Lipinski definition) is 4. The Kier molecular flexibility index (Phi) is 7.17.